The standard InChI is InChI=1S/C36H22N2O/c1-2-12-25(13-3-1)38-32-17-9-7-15-28(32)36-35(38)30-21-33-29(22-34(30)39-36)27-14-6-8-16-31(27)37(33)26-19-18-23-10-4-5-11-24(23)20-26/h1-22H. The summed E-state index contributed by atoms with van der Waals surface area (Å²) in [6, 6.07) is 47.6. The van der Waals surface area contributed by atoms with Gasteiger partial charge in [0.1, 0.15) is 11.1 Å². The second-order valence-electron chi connectivity index (χ2n) is 10.2. The van der Waals surface area contributed by atoms with E-state index in [9.17, 15) is 0 Å². The van der Waals surface area contributed by atoms with Crippen molar-refractivity contribution in [1.29, 1.82) is 0 Å². The maximum absolute atomic E-state index is 6.67. The molecule has 0 saturated heterocycles. The Balaban J connectivity index is 1.45. The molecule has 0 radical (unpaired) electrons. The van der Waals surface area contributed by atoms with Crippen molar-refractivity contribution in [2.45, 2.75) is 0 Å². The van der Waals surface area contributed by atoms with Crippen LogP contribution in [0, 0.1) is 0 Å². The number of aromatic nitrogens is 2. The van der Waals surface area contributed by atoms with Gasteiger partial charge < -0.3 is 13.6 Å². The minimum absolute atomic E-state index is 0.907. The highest BCUT2D eigenvalue weighted by Gasteiger charge is 2.21. The lowest BCUT2D eigenvalue weighted by atomic mass is 10.1. The van der Waals surface area contributed by atoms with Gasteiger partial charge in [0, 0.05) is 32.9 Å². The van der Waals surface area contributed by atoms with Crippen molar-refractivity contribution in [3.05, 3.63) is 133 Å². The van der Waals surface area contributed by atoms with Gasteiger partial charge in [-0.1, -0.05) is 78.9 Å². The number of rotatable bonds is 2. The number of hydrogen-bond acceptors (Lipinski definition) is 1. The number of nitrogens with zero attached hydrogens (tertiary/aromatic N) is 2. The smallest absolute Gasteiger partial charge is 0.161 e. The molecule has 9 rings (SSSR count). The van der Waals surface area contributed by atoms with E-state index >= 15 is 0 Å². The van der Waals surface area contributed by atoms with Crippen molar-refractivity contribution < 1.29 is 4.42 Å². The van der Waals surface area contributed by atoms with Crippen LogP contribution >= 0.6 is 0 Å². The Kier molecular flexibility index (Phi) is 4.05. The highest BCUT2D eigenvalue weighted by atomic mass is 16.3. The molecule has 6 aromatic carbocycles. The third kappa shape index (κ3) is 2.82. The minimum Gasteiger partial charge on any atom is -0.454 e. The molecule has 3 heterocycles. The summed E-state index contributed by atoms with van der Waals surface area (Å²) in [5.41, 5.74) is 8.73. The third-order valence-corrected chi connectivity index (χ3v) is 8.07. The lowest BCUT2D eigenvalue weighted by Gasteiger charge is -2.10. The summed E-state index contributed by atoms with van der Waals surface area (Å²) in [6.45, 7) is 0. The molecule has 182 valence electrons. The van der Waals surface area contributed by atoms with Crippen LogP contribution in [0.15, 0.2) is 138 Å². The first-order chi connectivity index (χ1) is 19.3. The topological polar surface area (TPSA) is 23.0 Å². The Morgan fingerprint density at radius 3 is 1.95 bits per heavy atom. The van der Waals surface area contributed by atoms with E-state index in [1.165, 1.54) is 32.6 Å². The van der Waals surface area contributed by atoms with Crippen LogP contribution in [-0.2, 0) is 0 Å². The van der Waals surface area contributed by atoms with Crippen LogP contribution < -0.4 is 0 Å². The van der Waals surface area contributed by atoms with Gasteiger partial charge in [-0.25, -0.2) is 0 Å². The molecular weight excluding hydrogens is 476 g/mol. The van der Waals surface area contributed by atoms with Crippen LogP contribution in [0.1, 0.15) is 0 Å². The average Bonchev–Trinajstić information content (AvgIpc) is 3.63. The second-order valence-corrected chi connectivity index (χ2v) is 10.2. The second kappa shape index (κ2) is 7.62. The summed E-state index contributed by atoms with van der Waals surface area (Å²) in [7, 11) is 0. The molecule has 0 saturated carbocycles. The van der Waals surface area contributed by atoms with Crippen molar-refractivity contribution in [2.75, 3.05) is 0 Å². The van der Waals surface area contributed by atoms with Gasteiger partial charge >= 0.3 is 0 Å². The SMILES string of the molecule is c1ccc(-n2c3ccccc3c3oc4cc5c6ccccc6n(-c6ccc7ccccc7c6)c5cc4c32)cc1. The van der Waals surface area contributed by atoms with Crippen LogP contribution in [-0.4, -0.2) is 9.13 Å². The number of benzene rings is 6. The molecule has 0 unspecified atom stereocenters. The fourth-order valence-electron chi connectivity index (χ4n) is 6.37. The van der Waals surface area contributed by atoms with Crippen LogP contribution in [0.2, 0.25) is 0 Å². The Morgan fingerprint density at radius 1 is 0.410 bits per heavy atom. The highest BCUT2D eigenvalue weighted by Crippen LogP contribution is 2.42. The molecule has 39 heavy (non-hydrogen) atoms. The van der Waals surface area contributed by atoms with Crippen LogP contribution in [0.5, 0.6) is 0 Å². The molecule has 0 atom stereocenters. The number of para-hydroxylation sites is 3. The van der Waals surface area contributed by atoms with Gasteiger partial charge in [0.2, 0.25) is 0 Å². The van der Waals surface area contributed by atoms with E-state index < -0.39 is 0 Å². The molecule has 0 bridgehead atoms. The minimum atomic E-state index is 0.907. The molecule has 0 aliphatic rings. The number of fused-ring (bicyclic) bond motifs is 9. The Bertz CT molecular complexity index is 2390. The van der Waals surface area contributed by atoms with Gasteiger partial charge in [0.05, 0.1) is 16.6 Å². The predicted octanol–water partition coefficient (Wildman–Crippen LogP) is 9.78. The van der Waals surface area contributed by atoms with Gasteiger partial charge in [0.25, 0.3) is 0 Å². The molecule has 0 spiro atoms. The maximum Gasteiger partial charge on any atom is 0.161 e. The number of furan rings is 1. The van der Waals surface area contributed by atoms with E-state index in [2.05, 4.69) is 143 Å². The normalized spacial score (nSPS) is 12.1. The largest absolute Gasteiger partial charge is 0.454 e. The molecule has 3 aromatic heterocycles. The van der Waals surface area contributed by atoms with Crippen molar-refractivity contribution >= 4 is 65.6 Å². The molecule has 0 aliphatic heterocycles. The van der Waals surface area contributed by atoms with Crippen molar-refractivity contribution in [3.8, 4) is 11.4 Å². The zero-order valence-electron chi connectivity index (χ0n) is 21.0. The Hall–Kier alpha value is -5.28. The summed E-state index contributed by atoms with van der Waals surface area (Å²) in [4.78, 5) is 0. The first-order valence-corrected chi connectivity index (χ1v) is 13.3. The summed E-state index contributed by atoms with van der Waals surface area (Å²) in [5, 5.41) is 7.13. The van der Waals surface area contributed by atoms with Gasteiger partial charge in [-0.3, -0.25) is 0 Å². The Morgan fingerprint density at radius 2 is 1.10 bits per heavy atom. The maximum atomic E-state index is 6.67. The summed E-state index contributed by atoms with van der Waals surface area (Å²) in [6.07, 6.45) is 0. The first-order valence-electron chi connectivity index (χ1n) is 13.3. The lowest BCUT2D eigenvalue weighted by Crippen LogP contribution is -1.94. The predicted molar refractivity (Wildman–Crippen MR) is 162 cm³/mol. The van der Waals surface area contributed by atoms with Gasteiger partial charge in [0.15, 0.2) is 5.58 Å². The summed E-state index contributed by atoms with van der Waals surface area (Å²) in [5.74, 6) is 0. The fraction of sp³-hybridized carbons (Fsp3) is 0. The van der Waals surface area contributed by atoms with Gasteiger partial charge in [-0.15, -0.1) is 0 Å². The molecule has 3 nitrogen and oxygen atoms in total. The molecule has 3 heteroatoms. The van der Waals surface area contributed by atoms with Crippen LogP contribution in [0.3, 0.4) is 0 Å². The van der Waals surface area contributed by atoms with E-state index in [0.717, 1.165) is 44.3 Å². The Labute approximate surface area is 223 Å². The van der Waals surface area contributed by atoms with Crippen molar-refractivity contribution in [2.24, 2.45) is 0 Å². The van der Waals surface area contributed by atoms with Crippen LogP contribution in [0.25, 0.3) is 76.9 Å². The van der Waals surface area contributed by atoms with Gasteiger partial charge in [-0.2, -0.15) is 0 Å². The molecule has 0 aliphatic carbocycles. The van der Waals surface area contributed by atoms with E-state index in [4.69, 9.17) is 4.42 Å². The van der Waals surface area contributed by atoms with E-state index in [1.54, 1.807) is 0 Å². The zero-order valence-corrected chi connectivity index (χ0v) is 21.0. The molecule has 0 N–H and O–H groups in total. The lowest BCUT2D eigenvalue weighted by molar-refractivity contribution is 0.673. The molecule has 0 amide bonds. The van der Waals surface area contributed by atoms with Gasteiger partial charge in [-0.05, 0) is 65.4 Å². The summed E-state index contributed by atoms with van der Waals surface area (Å²) >= 11 is 0. The van der Waals surface area contributed by atoms with E-state index in [0.29, 0.717) is 0 Å². The van der Waals surface area contributed by atoms with Crippen LogP contribution in [0.4, 0.5) is 0 Å². The molecular formula is C36H22N2O. The monoisotopic (exact) mass is 498 g/mol. The van der Waals surface area contributed by atoms with Crippen molar-refractivity contribution in [1.82, 2.24) is 9.13 Å². The fourth-order valence-corrected chi connectivity index (χ4v) is 6.37. The molecule has 0 fully saturated rings. The van der Waals surface area contributed by atoms with Crippen molar-refractivity contribution in [3.63, 3.8) is 0 Å². The summed E-state index contributed by atoms with van der Waals surface area (Å²) < 4.78 is 11.4. The first kappa shape index (κ1) is 20.7. The van der Waals surface area contributed by atoms with E-state index in [-0.39, 0.29) is 0 Å². The average molecular weight is 499 g/mol. The van der Waals surface area contributed by atoms with E-state index in [1.807, 2.05) is 0 Å². The third-order valence-electron chi connectivity index (χ3n) is 8.07. The highest BCUT2D eigenvalue weighted by molar-refractivity contribution is 6.21. The molecule has 9 aromatic rings. The quantitative estimate of drug-likeness (QED) is 0.233. The number of hydrogen-bond donors (Lipinski definition) is 0. The zero-order chi connectivity index (χ0) is 25.5.